The molecule has 0 aliphatic heterocycles. The zero-order valence-corrected chi connectivity index (χ0v) is 20.4. The second-order valence-electron chi connectivity index (χ2n) is 9.21. The molecule has 0 spiro atoms. The quantitative estimate of drug-likeness (QED) is 0.406. The van der Waals surface area contributed by atoms with Gasteiger partial charge in [0, 0.05) is 12.5 Å². The number of carboxylic acids is 1. The number of rotatable bonds is 9. The lowest BCUT2D eigenvalue weighted by atomic mass is 9.89. The lowest BCUT2D eigenvalue weighted by Gasteiger charge is -2.22. The van der Waals surface area contributed by atoms with Gasteiger partial charge < -0.3 is 20.5 Å². The number of hydrogen-bond acceptors (Lipinski definition) is 6. The molecule has 4 rings (SSSR count). The molecule has 35 heavy (non-hydrogen) atoms. The average Bonchev–Trinajstić information content (AvgIpc) is 3.42. The van der Waals surface area contributed by atoms with E-state index < -0.39 is 17.5 Å². The predicted octanol–water partition coefficient (Wildman–Crippen LogP) is 4.41. The predicted molar refractivity (Wildman–Crippen MR) is 132 cm³/mol. The van der Waals surface area contributed by atoms with Crippen LogP contribution in [0.5, 0.6) is 0 Å². The molecule has 1 heterocycles. The van der Waals surface area contributed by atoms with Crippen LogP contribution >= 0.6 is 11.3 Å². The maximum atomic E-state index is 12.4. The molecule has 0 radical (unpaired) electrons. The summed E-state index contributed by atoms with van der Waals surface area (Å²) in [6, 6.07) is 16.3. The molecule has 0 unspecified atom stereocenters. The molecule has 0 fully saturated rings. The Balaban J connectivity index is 1.27. The summed E-state index contributed by atoms with van der Waals surface area (Å²) < 4.78 is 5.52. The Kier molecular flexibility index (Phi) is 7.16. The van der Waals surface area contributed by atoms with Gasteiger partial charge in [0.15, 0.2) is 0 Å². The standard InChI is InChI=1S/C26H27N3O5S/c1-26(2,11-23(30)31)15-29-24(32)21-12-27-22(35-21)13-28-25(33)34-14-20-18-9-5-3-7-16(18)17-8-4-6-10-19(17)20/h3-10,12,20H,11,13-15H2,1-2H3,(H,28,33)(H,29,32)(H,30,31). The molecule has 0 saturated carbocycles. The number of nitrogens with one attached hydrogen (secondary N) is 2. The highest BCUT2D eigenvalue weighted by molar-refractivity contribution is 7.13. The molecule has 8 nitrogen and oxygen atoms in total. The maximum Gasteiger partial charge on any atom is 0.407 e. The first-order chi connectivity index (χ1) is 16.7. The number of carbonyl (C=O) groups excluding carboxylic acids is 2. The van der Waals surface area contributed by atoms with Gasteiger partial charge in [-0.3, -0.25) is 9.59 Å². The third-order valence-corrected chi connectivity index (χ3v) is 6.86. The molecule has 2 amide bonds. The van der Waals surface area contributed by atoms with Crippen molar-refractivity contribution in [3.8, 4) is 11.1 Å². The normalized spacial score (nSPS) is 12.5. The van der Waals surface area contributed by atoms with E-state index in [2.05, 4.69) is 39.9 Å². The van der Waals surface area contributed by atoms with Gasteiger partial charge in [0.05, 0.1) is 19.2 Å². The number of hydrogen-bond donors (Lipinski definition) is 3. The van der Waals surface area contributed by atoms with Crippen LogP contribution < -0.4 is 10.6 Å². The minimum absolute atomic E-state index is 0.0197. The molecule has 0 atom stereocenters. The van der Waals surface area contributed by atoms with Crippen LogP contribution in [0.2, 0.25) is 0 Å². The maximum absolute atomic E-state index is 12.4. The molecule has 182 valence electrons. The number of carboxylic acid groups (broad SMARTS) is 1. The summed E-state index contributed by atoms with van der Waals surface area (Å²) in [6.45, 7) is 4.13. The van der Waals surface area contributed by atoms with Crippen LogP contribution in [0.3, 0.4) is 0 Å². The molecule has 1 aromatic heterocycles. The summed E-state index contributed by atoms with van der Waals surface area (Å²) in [5.41, 5.74) is 4.04. The average molecular weight is 494 g/mol. The largest absolute Gasteiger partial charge is 0.481 e. The first-order valence-corrected chi connectivity index (χ1v) is 12.1. The Labute approximate surface area is 207 Å². The Bertz CT molecular complexity index is 1210. The van der Waals surface area contributed by atoms with Crippen molar-refractivity contribution in [3.63, 3.8) is 0 Å². The first kappa shape index (κ1) is 24.4. The van der Waals surface area contributed by atoms with Gasteiger partial charge in [0.1, 0.15) is 16.5 Å². The zero-order valence-electron chi connectivity index (χ0n) is 19.5. The Hall–Kier alpha value is -3.72. The van der Waals surface area contributed by atoms with Crippen LogP contribution in [-0.2, 0) is 16.1 Å². The zero-order chi connectivity index (χ0) is 25.0. The molecule has 3 N–H and O–H groups in total. The van der Waals surface area contributed by atoms with E-state index in [1.807, 2.05) is 24.3 Å². The number of carbonyl (C=O) groups is 3. The van der Waals surface area contributed by atoms with E-state index in [1.165, 1.54) is 6.20 Å². The molecular weight excluding hydrogens is 466 g/mol. The first-order valence-electron chi connectivity index (χ1n) is 11.3. The minimum Gasteiger partial charge on any atom is -0.481 e. The van der Waals surface area contributed by atoms with E-state index in [-0.39, 0.29) is 37.9 Å². The number of fused-ring (bicyclic) bond motifs is 3. The summed E-state index contributed by atoms with van der Waals surface area (Å²) in [5, 5.41) is 15.0. The number of aromatic nitrogens is 1. The van der Waals surface area contributed by atoms with Gasteiger partial charge in [-0.15, -0.1) is 11.3 Å². The van der Waals surface area contributed by atoms with E-state index >= 15 is 0 Å². The third-order valence-electron chi connectivity index (χ3n) is 5.86. The summed E-state index contributed by atoms with van der Waals surface area (Å²) >= 11 is 1.16. The molecule has 0 saturated heterocycles. The molecule has 0 bridgehead atoms. The Morgan fingerprint density at radius 1 is 1.03 bits per heavy atom. The molecule has 1 aliphatic rings. The molecule has 2 aromatic carbocycles. The fraction of sp³-hybridized carbons (Fsp3) is 0.308. The summed E-state index contributed by atoms with van der Waals surface area (Å²) in [6.07, 6.45) is 0.841. The number of thiazole rings is 1. The highest BCUT2D eigenvalue weighted by Crippen LogP contribution is 2.44. The van der Waals surface area contributed by atoms with Crippen LogP contribution in [0.4, 0.5) is 4.79 Å². The van der Waals surface area contributed by atoms with Gasteiger partial charge >= 0.3 is 12.1 Å². The number of amides is 2. The van der Waals surface area contributed by atoms with Crippen LogP contribution in [0, 0.1) is 5.41 Å². The highest BCUT2D eigenvalue weighted by atomic mass is 32.1. The van der Waals surface area contributed by atoms with Crippen molar-refractivity contribution in [2.75, 3.05) is 13.2 Å². The van der Waals surface area contributed by atoms with Crippen molar-refractivity contribution in [1.29, 1.82) is 0 Å². The summed E-state index contributed by atoms with van der Waals surface area (Å²) in [5.74, 6) is -1.26. The van der Waals surface area contributed by atoms with Gasteiger partial charge in [-0.1, -0.05) is 62.4 Å². The van der Waals surface area contributed by atoms with Crippen LogP contribution in [0.15, 0.2) is 54.7 Å². The van der Waals surface area contributed by atoms with Gasteiger partial charge in [-0.2, -0.15) is 0 Å². The number of aliphatic carboxylic acids is 1. The SMILES string of the molecule is CC(C)(CNC(=O)c1cnc(CNC(=O)OCC2c3ccccc3-c3ccccc32)s1)CC(=O)O. The van der Waals surface area contributed by atoms with Gasteiger partial charge in [0.2, 0.25) is 0 Å². The topological polar surface area (TPSA) is 118 Å². The molecule has 1 aliphatic carbocycles. The van der Waals surface area contributed by atoms with Crippen molar-refractivity contribution < 1.29 is 24.2 Å². The van der Waals surface area contributed by atoms with Crippen molar-refractivity contribution in [3.05, 3.63) is 75.7 Å². The fourth-order valence-corrected chi connectivity index (χ4v) is 4.95. The van der Waals surface area contributed by atoms with E-state index in [4.69, 9.17) is 9.84 Å². The van der Waals surface area contributed by atoms with Crippen molar-refractivity contribution in [2.45, 2.75) is 32.7 Å². The number of ether oxygens (including phenoxy) is 1. The Morgan fingerprint density at radius 2 is 1.66 bits per heavy atom. The van der Waals surface area contributed by atoms with Crippen molar-refractivity contribution >= 4 is 29.3 Å². The molecule has 3 aromatic rings. The number of benzene rings is 2. The monoisotopic (exact) mass is 493 g/mol. The van der Waals surface area contributed by atoms with E-state index in [9.17, 15) is 14.4 Å². The second kappa shape index (κ2) is 10.3. The lowest BCUT2D eigenvalue weighted by Crippen LogP contribution is -2.35. The molecular formula is C26H27N3O5S. The molecule has 9 heteroatoms. The van der Waals surface area contributed by atoms with Gasteiger partial charge in [0.25, 0.3) is 5.91 Å². The van der Waals surface area contributed by atoms with Crippen LogP contribution in [-0.4, -0.2) is 41.2 Å². The van der Waals surface area contributed by atoms with Crippen molar-refractivity contribution in [2.24, 2.45) is 5.41 Å². The van der Waals surface area contributed by atoms with E-state index in [1.54, 1.807) is 13.8 Å². The fourth-order valence-electron chi connectivity index (χ4n) is 4.17. The number of nitrogens with zero attached hydrogens (tertiary/aromatic N) is 1. The van der Waals surface area contributed by atoms with Crippen molar-refractivity contribution in [1.82, 2.24) is 15.6 Å². The number of alkyl carbamates (subject to hydrolysis) is 1. The highest BCUT2D eigenvalue weighted by Gasteiger charge is 2.29. The Morgan fingerprint density at radius 3 is 2.29 bits per heavy atom. The van der Waals surface area contributed by atoms with E-state index in [0.29, 0.717) is 9.88 Å². The lowest BCUT2D eigenvalue weighted by molar-refractivity contribution is -0.139. The van der Waals surface area contributed by atoms with Gasteiger partial charge in [-0.25, -0.2) is 9.78 Å². The second-order valence-corrected chi connectivity index (χ2v) is 10.3. The van der Waals surface area contributed by atoms with Crippen LogP contribution in [0.25, 0.3) is 11.1 Å². The minimum atomic E-state index is -0.913. The van der Waals surface area contributed by atoms with Crippen LogP contribution in [0.1, 0.15) is 52.0 Å². The van der Waals surface area contributed by atoms with Gasteiger partial charge in [-0.05, 0) is 27.7 Å². The smallest absolute Gasteiger partial charge is 0.407 e. The third kappa shape index (κ3) is 5.86. The summed E-state index contributed by atoms with van der Waals surface area (Å²) in [4.78, 5) is 40.2. The summed E-state index contributed by atoms with van der Waals surface area (Å²) in [7, 11) is 0. The van der Waals surface area contributed by atoms with E-state index in [0.717, 1.165) is 33.6 Å².